The Morgan fingerprint density at radius 2 is 1.41 bits per heavy atom. The van der Waals surface area contributed by atoms with Crippen LogP contribution in [0.1, 0.15) is 47.9 Å². The number of carbonyl (C=O) groups is 1. The highest BCUT2D eigenvalue weighted by Crippen LogP contribution is 2.34. The number of esters is 1. The fourth-order valence-corrected chi connectivity index (χ4v) is 3.49. The van der Waals surface area contributed by atoms with Crippen molar-refractivity contribution in [2.75, 3.05) is 0 Å². The van der Waals surface area contributed by atoms with E-state index in [0.717, 1.165) is 26.7 Å². The van der Waals surface area contributed by atoms with Crippen LogP contribution in [0.25, 0.3) is 0 Å². The van der Waals surface area contributed by atoms with Gasteiger partial charge in [-0.05, 0) is 47.2 Å². The highest BCUT2D eigenvalue weighted by Gasteiger charge is 2.26. The molecule has 3 rings (SSSR count). The summed E-state index contributed by atoms with van der Waals surface area (Å²) in [6.07, 6.45) is 0. The maximum atomic E-state index is 13.3. The number of benzene rings is 3. The number of hydrogen-bond donors (Lipinski definition) is 0. The van der Waals surface area contributed by atoms with Crippen molar-refractivity contribution in [3.05, 3.63) is 99.5 Å². The summed E-state index contributed by atoms with van der Waals surface area (Å²) in [5.41, 5.74) is 3.90. The molecule has 0 atom stereocenters. The molecule has 0 radical (unpaired) electrons. The number of halogens is 1. The van der Waals surface area contributed by atoms with E-state index in [0.29, 0.717) is 5.75 Å². The number of rotatable bonds is 5. The Balaban J connectivity index is 2.00. The second-order valence-corrected chi connectivity index (χ2v) is 7.82. The Morgan fingerprint density at radius 3 is 1.89 bits per heavy atom. The van der Waals surface area contributed by atoms with Crippen LogP contribution in [0.3, 0.4) is 0 Å². The van der Waals surface area contributed by atoms with Crippen LogP contribution in [-0.4, -0.2) is 5.97 Å². The Hall–Kier alpha value is -2.39. The van der Waals surface area contributed by atoms with Gasteiger partial charge in [0.1, 0.15) is 11.7 Å². The Bertz CT molecular complexity index is 878. The van der Waals surface area contributed by atoms with Crippen LogP contribution in [0.2, 0.25) is 0 Å². The summed E-state index contributed by atoms with van der Waals surface area (Å²) < 4.78 is 6.98. The summed E-state index contributed by atoms with van der Waals surface area (Å²) in [6.45, 7) is 6.19. The molecular weight excluding hydrogens is 400 g/mol. The Labute approximate surface area is 169 Å². The molecule has 0 spiro atoms. The van der Waals surface area contributed by atoms with Crippen molar-refractivity contribution in [3.63, 3.8) is 0 Å². The molecule has 3 aromatic rings. The Kier molecular flexibility index (Phi) is 6.12. The van der Waals surface area contributed by atoms with Crippen molar-refractivity contribution in [3.8, 4) is 5.75 Å². The third kappa shape index (κ3) is 4.48. The lowest BCUT2D eigenvalue weighted by Crippen LogP contribution is -2.20. The van der Waals surface area contributed by atoms with Gasteiger partial charge in [0.15, 0.2) is 0 Å². The highest BCUT2D eigenvalue weighted by molar-refractivity contribution is 9.10. The minimum atomic E-state index is -0.462. The van der Waals surface area contributed by atoms with Gasteiger partial charge in [0.2, 0.25) is 0 Å². The number of hydrogen-bond acceptors (Lipinski definition) is 2. The largest absolute Gasteiger partial charge is 0.426 e. The molecule has 0 saturated carbocycles. The molecule has 0 saturated heterocycles. The van der Waals surface area contributed by atoms with E-state index in [2.05, 4.69) is 29.8 Å². The van der Waals surface area contributed by atoms with Crippen LogP contribution in [0.4, 0.5) is 0 Å². The zero-order valence-corrected chi connectivity index (χ0v) is 17.4. The van der Waals surface area contributed by atoms with Gasteiger partial charge in [0.25, 0.3) is 0 Å². The second kappa shape index (κ2) is 8.53. The van der Waals surface area contributed by atoms with Crippen molar-refractivity contribution in [1.29, 1.82) is 0 Å². The van der Waals surface area contributed by atoms with Crippen LogP contribution in [-0.2, 0) is 4.79 Å². The molecular formula is C24H23BrO2. The first kappa shape index (κ1) is 19.4. The van der Waals surface area contributed by atoms with E-state index in [9.17, 15) is 4.79 Å². The predicted octanol–water partition coefficient (Wildman–Crippen LogP) is 6.62. The molecule has 0 N–H and O–H groups in total. The summed E-state index contributed by atoms with van der Waals surface area (Å²) in [4.78, 5) is 13.3. The van der Waals surface area contributed by atoms with Crippen LogP contribution in [0, 0.1) is 6.92 Å². The quantitative estimate of drug-likeness (QED) is 0.341. The van der Waals surface area contributed by atoms with Crippen molar-refractivity contribution in [2.24, 2.45) is 0 Å². The molecule has 3 heteroatoms. The van der Waals surface area contributed by atoms with E-state index < -0.39 is 5.92 Å². The zero-order chi connectivity index (χ0) is 19.4. The first-order valence-corrected chi connectivity index (χ1v) is 9.88. The molecule has 0 bridgehead atoms. The van der Waals surface area contributed by atoms with E-state index in [4.69, 9.17) is 4.74 Å². The zero-order valence-electron chi connectivity index (χ0n) is 15.8. The standard InChI is InChI=1S/C24H23BrO2/c1-16(2)20-15-21(25)17(3)14-22(20)27-24(26)23(18-10-6-4-7-11-18)19-12-8-5-9-13-19/h4-16,23H,1-3H3. The second-order valence-electron chi connectivity index (χ2n) is 6.97. The summed E-state index contributed by atoms with van der Waals surface area (Å²) >= 11 is 3.58. The van der Waals surface area contributed by atoms with Crippen molar-refractivity contribution < 1.29 is 9.53 Å². The van der Waals surface area contributed by atoms with Crippen molar-refractivity contribution >= 4 is 21.9 Å². The third-order valence-electron chi connectivity index (χ3n) is 4.63. The van der Waals surface area contributed by atoms with E-state index in [1.165, 1.54) is 0 Å². The maximum absolute atomic E-state index is 13.3. The van der Waals surface area contributed by atoms with E-state index in [1.807, 2.05) is 79.7 Å². The van der Waals surface area contributed by atoms with Crippen LogP contribution >= 0.6 is 15.9 Å². The normalized spacial score (nSPS) is 11.0. The minimum Gasteiger partial charge on any atom is -0.426 e. The smallest absolute Gasteiger partial charge is 0.323 e. The van der Waals surface area contributed by atoms with Gasteiger partial charge in [-0.15, -0.1) is 0 Å². The summed E-state index contributed by atoms with van der Waals surface area (Å²) in [5.74, 6) is 0.150. The molecule has 0 aliphatic heterocycles. The van der Waals surface area contributed by atoms with E-state index in [-0.39, 0.29) is 11.9 Å². The van der Waals surface area contributed by atoms with Gasteiger partial charge in [-0.2, -0.15) is 0 Å². The molecule has 0 amide bonds. The van der Waals surface area contributed by atoms with Crippen LogP contribution < -0.4 is 4.74 Å². The topological polar surface area (TPSA) is 26.3 Å². The lowest BCUT2D eigenvalue weighted by molar-refractivity contribution is -0.135. The molecule has 0 fully saturated rings. The van der Waals surface area contributed by atoms with Gasteiger partial charge in [-0.25, -0.2) is 0 Å². The van der Waals surface area contributed by atoms with E-state index in [1.54, 1.807) is 0 Å². The molecule has 0 aromatic heterocycles. The minimum absolute atomic E-state index is 0.247. The highest BCUT2D eigenvalue weighted by atomic mass is 79.9. The molecule has 0 aliphatic carbocycles. The van der Waals surface area contributed by atoms with Crippen LogP contribution in [0.15, 0.2) is 77.3 Å². The first-order chi connectivity index (χ1) is 13.0. The molecule has 0 heterocycles. The van der Waals surface area contributed by atoms with Gasteiger partial charge < -0.3 is 4.74 Å². The molecule has 0 unspecified atom stereocenters. The number of carbonyl (C=O) groups excluding carboxylic acids is 1. The van der Waals surface area contributed by atoms with Gasteiger partial charge in [0, 0.05) is 4.47 Å². The summed E-state index contributed by atoms with van der Waals surface area (Å²) in [5, 5.41) is 0. The van der Waals surface area contributed by atoms with Gasteiger partial charge in [0.05, 0.1) is 0 Å². The lowest BCUT2D eigenvalue weighted by atomic mass is 9.91. The van der Waals surface area contributed by atoms with Crippen molar-refractivity contribution in [1.82, 2.24) is 0 Å². The predicted molar refractivity (Wildman–Crippen MR) is 113 cm³/mol. The average Bonchev–Trinajstić information content (AvgIpc) is 2.66. The summed E-state index contributed by atoms with van der Waals surface area (Å²) in [7, 11) is 0. The Morgan fingerprint density at radius 1 is 0.889 bits per heavy atom. The first-order valence-electron chi connectivity index (χ1n) is 9.09. The molecule has 138 valence electrons. The van der Waals surface area contributed by atoms with Gasteiger partial charge >= 0.3 is 5.97 Å². The molecule has 3 aromatic carbocycles. The SMILES string of the molecule is Cc1cc(OC(=O)C(c2ccccc2)c2ccccc2)c(C(C)C)cc1Br. The molecule has 0 aliphatic rings. The van der Waals surface area contributed by atoms with Gasteiger partial charge in [-0.3, -0.25) is 4.79 Å². The average molecular weight is 423 g/mol. The van der Waals surface area contributed by atoms with Crippen LogP contribution in [0.5, 0.6) is 5.75 Å². The van der Waals surface area contributed by atoms with Crippen molar-refractivity contribution in [2.45, 2.75) is 32.6 Å². The molecule has 2 nitrogen and oxygen atoms in total. The molecule has 27 heavy (non-hydrogen) atoms. The fourth-order valence-electron chi connectivity index (χ4n) is 3.13. The number of aryl methyl sites for hydroxylation is 1. The summed E-state index contributed by atoms with van der Waals surface area (Å²) in [6, 6.07) is 23.5. The lowest BCUT2D eigenvalue weighted by Gasteiger charge is -2.20. The third-order valence-corrected chi connectivity index (χ3v) is 5.48. The monoisotopic (exact) mass is 422 g/mol. The van der Waals surface area contributed by atoms with E-state index >= 15 is 0 Å². The maximum Gasteiger partial charge on any atom is 0.323 e. The van der Waals surface area contributed by atoms with Gasteiger partial charge in [-0.1, -0.05) is 90.4 Å². The fraction of sp³-hybridized carbons (Fsp3) is 0.208. The number of ether oxygens (including phenoxy) is 1.